The van der Waals surface area contributed by atoms with Crippen LogP contribution < -0.4 is 5.32 Å². The van der Waals surface area contributed by atoms with Gasteiger partial charge in [-0.1, -0.05) is 18.2 Å². The lowest BCUT2D eigenvalue weighted by molar-refractivity contribution is -0.138. The van der Waals surface area contributed by atoms with Crippen molar-refractivity contribution < 1.29 is 9.53 Å². The minimum absolute atomic E-state index is 0.0207. The largest absolute Gasteiger partial charge is 0.466 e. The van der Waals surface area contributed by atoms with Gasteiger partial charge in [-0.25, -0.2) is 4.79 Å². The number of methoxy groups -OCH3 is 1. The Morgan fingerprint density at radius 2 is 2.12 bits per heavy atom. The van der Waals surface area contributed by atoms with E-state index in [-0.39, 0.29) is 11.4 Å². The summed E-state index contributed by atoms with van der Waals surface area (Å²) in [6, 6.07) is 9.17. The van der Waals surface area contributed by atoms with Gasteiger partial charge in [0.25, 0.3) is 0 Å². The number of esters is 1. The second-order valence-electron chi connectivity index (χ2n) is 8.31. The first-order valence-corrected chi connectivity index (χ1v) is 9.13. The van der Waals surface area contributed by atoms with Gasteiger partial charge in [-0.15, -0.1) is 0 Å². The molecule has 5 aliphatic rings. The van der Waals surface area contributed by atoms with Gasteiger partial charge in [0.2, 0.25) is 0 Å². The number of rotatable bonds is 1. The predicted octanol–water partition coefficient (Wildman–Crippen LogP) is 2.67. The fraction of sp³-hybridized carbons (Fsp3) is 0.550. The number of fused-ring (bicyclic) bond motifs is 3. The minimum atomic E-state index is -0.111. The highest BCUT2D eigenvalue weighted by Gasteiger charge is 2.68. The summed E-state index contributed by atoms with van der Waals surface area (Å²) in [4.78, 5) is 15.5. The highest BCUT2D eigenvalue weighted by Crippen LogP contribution is 2.68. The second-order valence-corrected chi connectivity index (χ2v) is 8.31. The number of hydrogen-bond donors (Lipinski definition) is 1. The van der Waals surface area contributed by atoms with E-state index in [1.807, 2.05) is 0 Å². The van der Waals surface area contributed by atoms with Crippen LogP contribution in [0.3, 0.4) is 0 Å². The van der Waals surface area contributed by atoms with Crippen molar-refractivity contribution >= 4 is 11.7 Å². The Morgan fingerprint density at radius 3 is 2.92 bits per heavy atom. The summed E-state index contributed by atoms with van der Waals surface area (Å²) >= 11 is 0. The number of carbonyl (C=O) groups excluding carboxylic acids is 1. The molecule has 124 valence electrons. The molecule has 1 N–H and O–H groups in total. The lowest BCUT2D eigenvalue weighted by Crippen LogP contribution is -2.56. The van der Waals surface area contributed by atoms with Gasteiger partial charge >= 0.3 is 5.97 Å². The van der Waals surface area contributed by atoms with Crippen molar-refractivity contribution in [1.82, 2.24) is 4.90 Å². The number of carbonyl (C=O) groups is 1. The molecule has 3 aliphatic heterocycles. The average Bonchev–Trinajstić information content (AvgIpc) is 3.14. The zero-order valence-corrected chi connectivity index (χ0v) is 14.0. The molecule has 2 saturated heterocycles. The zero-order valence-electron chi connectivity index (χ0n) is 14.0. The van der Waals surface area contributed by atoms with Crippen LogP contribution in [0.1, 0.15) is 31.2 Å². The number of hydrogen-bond acceptors (Lipinski definition) is 4. The average molecular weight is 322 g/mol. The molecule has 2 bridgehead atoms. The van der Waals surface area contributed by atoms with Crippen LogP contribution in [0.5, 0.6) is 0 Å². The molecule has 3 fully saturated rings. The van der Waals surface area contributed by atoms with Crippen LogP contribution in [-0.4, -0.2) is 37.1 Å². The standard InChI is InChI=1S/C20H22N2O2/c1-24-18(23)16-13-10-15-20(8-9-22(15)11-19(13)6-7-19)12-4-2-3-5-14(12)21-17(16)20/h2-5,13,15,21H,6-11H2,1H3. The van der Waals surface area contributed by atoms with Crippen LogP contribution in [0, 0.1) is 11.3 Å². The molecule has 6 rings (SSSR count). The van der Waals surface area contributed by atoms with E-state index in [9.17, 15) is 4.79 Å². The van der Waals surface area contributed by atoms with Crippen LogP contribution in [0.25, 0.3) is 0 Å². The van der Waals surface area contributed by atoms with Gasteiger partial charge in [0, 0.05) is 29.9 Å². The van der Waals surface area contributed by atoms with Crippen LogP contribution in [0.2, 0.25) is 0 Å². The van der Waals surface area contributed by atoms with E-state index in [0.717, 1.165) is 25.0 Å². The number of anilines is 1. The lowest BCUT2D eigenvalue weighted by Gasteiger charge is -2.51. The molecule has 0 radical (unpaired) electrons. The van der Waals surface area contributed by atoms with Gasteiger partial charge in [0.15, 0.2) is 0 Å². The molecule has 0 amide bonds. The molecule has 3 heterocycles. The molecule has 2 spiro atoms. The first-order valence-electron chi connectivity index (χ1n) is 9.13. The predicted molar refractivity (Wildman–Crippen MR) is 90.5 cm³/mol. The fourth-order valence-corrected chi connectivity index (χ4v) is 6.38. The van der Waals surface area contributed by atoms with Crippen molar-refractivity contribution in [2.75, 3.05) is 25.5 Å². The first-order chi connectivity index (χ1) is 11.7. The normalized spacial score (nSPS) is 37.0. The van der Waals surface area contributed by atoms with E-state index < -0.39 is 0 Å². The Morgan fingerprint density at radius 1 is 1.29 bits per heavy atom. The maximum Gasteiger partial charge on any atom is 0.335 e. The molecule has 1 aromatic carbocycles. The number of ether oxygens (including phenoxy) is 1. The molecule has 1 saturated carbocycles. The van der Waals surface area contributed by atoms with Crippen molar-refractivity contribution in [2.24, 2.45) is 11.3 Å². The smallest absolute Gasteiger partial charge is 0.335 e. The van der Waals surface area contributed by atoms with Gasteiger partial charge in [-0.3, -0.25) is 4.90 Å². The van der Waals surface area contributed by atoms with Crippen molar-refractivity contribution in [3.63, 3.8) is 0 Å². The number of nitrogens with one attached hydrogen (secondary N) is 1. The molecule has 2 aliphatic carbocycles. The van der Waals surface area contributed by atoms with Gasteiger partial charge in [0.1, 0.15) is 0 Å². The van der Waals surface area contributed by atoms with E-state index in [1.54, 1.807) is 0 Å². The van der Waals surface area contributed by atoms with Gasteiger partial charge < -0.3 is 10.1 Å². The molecule has 4 nitrogen and oxygen atoms in total. The van der Waals surface area contributed by atoms with E-state index in [4.69, 9.17) is 4.74 Å². The summed E-state index contributed by atoms with van der Waals surface area (Å²) in [6.45, 7) is 2.31. The van der Waals surface area contributed by atoms with Crippen molar-refractivity contribution in [3.05, 3.63) is 41.1 Å². The molecule has 24 heavy (non-hydrogen) atoms. The number of benzene rings is 1. The monoisotopic (exact) mass is 322 g/mol. The summed E-state index contributed by atoms with van der Waals surface area (Å²) in [6.07, 6.45) is 4.74. The van der Waals surface area contributed by atoms with Crippen molar-refractivity contribution in [2.45, 2.75) is 37.1 Å². The highest BCUT2D eigenvalue weighted by molar-refractivity contribution is 5.94. The second kappa shape index (κ2) is 4.05. The molecule has 4 heteroatoms. The zero-order chi connectivity index (χ0) is 16.1. The summed E-state index contributed by atoms with van der Waals surface area (Å²) < 4.78 is 5.26. The van der Waals surface area contributed by atoms with Gasteiger partial charge in [-0.2, -0.15) is 0 Å². The molecule has 0 aromatic heterocycles. The SMILES string of the molecule is COC(=O)C1=C2Nc3ccccc3C23CCN2CC4(CC4)C1CC23. The Balaban J connectivity index is 1.66. The van der Waals surface area contributed by atoms with E-state index in [0.29, 0.717) is 17.4 Å². The van der Waals surface area contributed by atoms with Crippen molar-refractivity contribution in [3.8, 4) is 0 Å². The van der Waals surface area contributed by atoms with E-state index in [2.05, 4.69) is 34.5 Å². The first kappa shape index (κ1) is 13.5. The quantitative estimate of drug-likeness (QED) is 0.807. The minimum Gasteiger partial charge on any atom is -0.466 e. The maximum absolute atomic E-state index is 12.8. The van der Waals surface area contributed by atoms with Crippen LogP contribution >= 0.6 is 0 Å². The Bertz CT molecular complexity index is 810. The third-order valence-corrected chi connectivity index (χ3v) is 7.55. The molecular formula is C20H22N2O2. The maximum atomic E-state index is 12.8. The third kappa shape index (κ3) is 1.32. The van der Waals surface area contributed by atoms with Gasteiger partial charge in [0.05, 0.1) is 18.1 Å². The Labute approximate surface area is 141 Å². The van der Waals surface area contributed by atoms with Crippen LogP contribution in [0.4, 0.5) is 5.69 Å². The summed E-state index contributed by atoms with van der Waals surface area (Å²) in [7, 11) is 1.53. The molecule has 1 aromatic rings. The summed E-state index contributed by atoms with van der Waals surface area (Å²) in [5, 5.41) is 3.67. The molecule has 3 unspecified atom stereocenters. The Kier molecular flexibility index (Phi) is 2.27. The molecular weight excluding hydrogens is 300 g/mol. The summed E-state index contributed by atoms with van der Waals surface area (Å²) in [5.74, 6) is 0.258. The summed E-state index contributed by atoms with van der Waals surface area (Å²) in [5.41, 5.74) is 5.02. The van der Waals surface area contributed by atoms with Crippen LogP contribution in [-0.2, 0) is 14.9 Å². The van der Waals surface area contributed by atoms with E-state index in [1.165, 1.54) is 43.4 Å². The number of nitrogens with zero attached hydrogens (tertiary/aromatic N) is 1. The van der Waals surface area contributed by atoms with Crippen LogP contribution in [0.15, 0.2) is 35.5 Å². The molecule has 3 atom stereocenters. The Hall–Kier alpha value is -1.81. The van der Waals surface area contributed by atoms with Crippen molar-refractivity contribution in [1.29, 1.82) is 0 Å². The fourth-order valence-electron chi connectivity index (χ4n) is 6.38. The lowest BCUT2D eigenvalue weighted by atomic mass is 9.59. The van der Waals surface area contributed by atoms with E-state index >= 15 is 0 Å². The number of para-hydroxylation sites is 1. The van der Waals surface area contributed by atoms with Gasteiger partial charge in [-0.05, 0) is 49.3 Å². The third-order valence-electron chi connectivity index (χ3n) is 7.55. The number of piperidine rings is 1. The highest BCUT2D eigenvalue weighted by atomic mass is 16.5. The topological polar surface area (TPSA) is 41.6 Å².